The molecule has 0 saturated heterocycles. The van der Waals surface area contributed by atoms with Crippen molar-refractivity contribution in [2.75, 3.05) is 26.9 Å². The van der Waals surface area contributed by atoms with E-state index in [1.807, 2.05) is 13.8 Å². The first-order chi connectivity index (χ1) is 16.9. The number of hydrogen-bond acceptors (Lipinski definition) is 8. The largest absolute Gasteiger partial charge is 0.465 e. The number of benzene rings is 2. The van der Waals surface area contributed by atoms with Crippen molar-refractivity contribution in [3.63, 3.8) is 0 Å². The molecule has 0 heterocycles. The van der Waals surface area contributed by atoms with Crippen LogP contribution in [-0.2, 0) is 18.9 Å². The molecule has 0 bridgehead atoms. The molecule has 0 spiro atoms. The average Bonchev–Trinajstić information content (AvgIpc) is 2.89. The highest BCUT2D eigenvalue weighted by Crippen LogP contribution is 2.13. The highest BCUT2D eigenvalue weighted by atomic mass is 16.5. The third-order valence-electron chi connectivity index (χ3n) is 4.66. The first-order valence-electron chi connectivity index (χ1n) is 11.7. The lowest BCUT2D eigenvalue weighted by Crippen LogP contribution is -2.14. The molecule has 0 aliphatic heterocycles. The van der Waals surface area contributed by atoms with E-state index in [-0.39, 0.29) is 28.9 Å². The fourth-order valence-electron chi connectivity index (χ4n) is 2.77. The van der Waals surface area contributed by atoms with Gasteiger partial charge in [0.15, 0.2) is 0 Å². The molecule has 0 radical (unpaired) electrons. The van der Waals surface area contributed by atoms with Crippen LogP contribution in [0.25, 0.3) is 0 Å². The Labute approximate surface area is 206 Å². The third-order valence-corrected chi connectivity index (χ3v) is 4.66. The molecule has 0 amide bonds. The number of methoxy groups -OCH3 is 1. The summed E-state index contributed by atoms with van der Waals surface area (Å²) in [6.07, 6.45) is 3.53. The van der Waals surface area contributed by atoms with Crippen LogP contribution in [0.15, 0.2) is 48.5 Å². The van der Waals surface area contributed by atoms with Gasteiger partial charge in [-0.2, -0.15) is 0 Å². The van der Waals surface area contributed by atoms with Crippen LogP contribution in [0.5, 0.6) is 0 Å². The van der Waals surface area contributed by atoms with Gasteiger partial charge in [0.05, 0.1) is 49.2 Å². The third kappa shape index (κ3) is 10.00. The Morgan fingerprint density at radius 2 is 0.914 bits per heavy atom. The monoisotopic (exact) mass is 486 g/mol. The maximum absolute atomic E-state index is 11.9. The predicted octanol–water partition coefficient (Wildman–Crippen LogP) is 5.25. The molecule has 0 aliphatic carbocycles. The summed E-state index contributed by atoms with van der Waals surface area (Å²) in [5.74, 6) is -2.00. The smallest absolute Gasteiger partial charge is 0.339 e. The molecule has 2 aromatic carbocycles. The van der Waals surface area contributed by atoms with Crippen LogP contribution in [-0.4, -0.2) is 50.8 Å². The van der Waals surface area contributed by atoms with Crippen LogP contribution < -0.4 is 0 Å². The van der Waals surface area contributed by atoms with Gasteiger partial charge in [0, 0.05) is 0 Å². The highest BCUT2D eigenvalue weighted by molar-refractivity contribution is 6.03. The number of rotatable bonds is 11. The molecule has 0 N–H and O–H groups in total. The Morgan fingerprint density at radius 3 is 1.23 bits per heavy atom. The molecule has 0 unspecified atom stereocenters. The van der Waals surface area contributed by atoms with Gasteiger partial charge in [0.1, 0.15) is 0 Å². The molecule has 8 nitrogen and oxygen atoms in total. The second-order valence-electron chi connectivity index (χ2n) is 7.28. The lowest BCUT2D eigenvalue weighted by Gasteiger charge is -2.09. The topological polar surface area (TPSA) is 105 Å². The van der Waals surface area contributed by atoms with Gasteiger partial charge in [0.2, 0.25) is 0 Å². The zero-order valence-corrected chi connectivity index (χ0v) is 20.8. The van der Waals surface area contributed by atoms with E-state index in [9.17, 15) is 19.2 Å². The van der Waals surface area contributed by atoms with Gasteiger partial charge in [0.25, 0.3) is 0 Å². The Morgan fingerprint density at radius 1 is 0.571 bits per heavy atom. The SMILES string of the molecule is CCCCOC(=O)c1ccccc1C(=O)OCCCC.CCOC(=O)c1ccccc1C(=O)OC. The minimum absolute atomic E-state index is 0.221. The molecule has 0 atom stereocenters. The van der Waals surface area contributed by atoms with Crippen LogP contribution in [0.2, 0.25) is 0 Å². The van der Waals surface area contributed by atoms with Crippen molar-refractivity contribution in [3.8, 4) is 0 Å². The van der Waals surface area contributed by atoms with Crippen molar-refractivity contribution in [2.45, 2.75) is 46.5 Å². The molecular formula is C27H34O8. The van der Waals surface area contributed by atoms with E-state index in [4.69, 9.17) is 14.2 Å². The molecule has 0 aliphatic rings. The zero-order chi connectivity index (χ0) is 26.1. The van der Waals surface area contributed by atoms with E-state index in [2.05, 4.69) is 4.74 Å². The summed E-state index contributed by atoms with van der Waals surface area (Å²) < 4.78 is 19.7. The van der Waals surface area contributed by atoms with Crippen LogP contribution in [0.1, 0.15) is 87.9 Å². The normalized spacial score (nSPS) is 9.83. The zero-order valence-electron chi connectivity index (χ0n) is 20.8. The van der Waals surface area contributed by atoms with E-state index in [1.54, 1.807) is 43.3 Å². The fraction of sp³-hybridized carbons (Fsp3) is 0.407. The van der Waals surface area contributed by atoms with Crippen molar-refractivity contribution < 1.29 is 38.1 Å². The second-order valence-corrected chi connectivity index (χ2v) is 7.28. The van der Waals surface area contributed by atoms with Crippen molar-refractivity contribution in [2.24, 2.45) is 0 Å². The van der Waals surface area contributed by atoms with Crippen LogP contribution in [0.4, 0.5) is 0 Å². The summed E-state index contributed by atoms with van der Waals surface area (Å²) in [6.45, 7) is 6.76. The van der Waals surface area contributed by atoms with E-state index in [0.717, 1.165) is 25.7 Å². The summed E-state index contributed by atoms with van der Waals surface area (Å²) in [5, 5.41) is 0. The summed E-state index contributed by atoms with van der Waals surface area (Å²) in [6, 6.07) is 13.0. The first kappa shape index (κ1) is 29.4. The molecule has 2 aromatic rings. The number of carbonyl (C=O) groups excluding carboxylic acids is 4. The quantitative estimate of drug-likeness (QED) is 0.241. The standard InChI is InChI=1S/C16H22O4.C11H12O4/c1-3-5-11-19-15(17)13-9-7-8-10-14(13)16(18)20-12-6-4-2;1-3-15-11(13)9-7-5-4-6-8(9)10(12)14-2/h7-10H,3-6,11-12H2,1-2H3;4-7H,3H2,1-2H3. The van der Waals surface area contributed by atoms with Crippen LogP contribution >= 0.6 is 0 Å². The lowest BCUT2D eigenvalue weighted by molar-refractivity contribution is 0.0452. The first-order valence-corrected chi connectivity index (χ1v) is 11.7. The Bertz CT molecular complexity index is 926. The molecule has 0 saturated carbocycles. The second kappa shape index (κ2) is 16.9. The highest BCUT2D eigenvalue weighted by Gasteiger charge is 2.19. The summed E-state index contributed by atoms with van der Waals surface area (Å²) >= 11 is 0. The maximum Gasteiger partial charge on any atom is 0.339 e. The summed E-state index contributed by atoms with van der Waals surface area (Å²) in [7, 11) is 1.27. The van der Waals surface area contributed by atoms with Gasteiger partial charge in [-0.25, -0.2) is 19.2 Å². The van der Waals surface area contributed by atoms with E-state index < -0.39 is 23.9 Å². The lowest BCUT2D eigenvalue weighted by atomic mass is 10.1. The minimum Gasteiger partial charge on any atom is -0.465 e. The van der Waals surface area contributed by atoms with Gasteiger partial charge >= 0.3 is 23.9 Å². The van der Waals surface area contributed by atoms with Gasteiger partial charge in [-0.3, -0.25) is 0 Å². The fourth-order valence-corrected chi connectivity index (χ4v) is 2.77. The number of unbranched alkanes of at least 4 members (excludes halogenated alkanes) is 2. The van der Waals surface area contributed by atoms with Gasteiger partial charge in [-0.15, -0.1) is 0 Å². The van der Waals surface area contributed by atoms with E-state index >= 15 is 0 Å². The molecule has 0 aromatic heterocycles. The van der Waals surface area contributed by atoms with Gasteiger partial charge in [-0.05, 0) is 44.0 Å². The Balaban J connectivity index is 0.000000365. The molecule has 2 rings (SSSR count). The predicted molar refractivity (Wildman–Crippen MR) is 131 cm³/mol. The number of ether oxygens (including phenoxy) is 4. The van der Waals surface area contributed by atoms with Crippen LogP contribution in [0, 0.1) is 0 Å². The van der Waals surface area contributed by atoms with Crippen molar-refractivity contribution in [1.82, 2.24) is 0 Å². The Hall–Kier alpha value is -3.68. The number of hydrogen-bond donors (Lipinski definition) is 0. The van der Waals surface area contributed by atoms with E-state index in [0.29, 0.717) is 13.2 Å². The molecule has 190 valence electrons. The van der Waals surface area contributed by atoms with Gasteiger partial charge in [-0.1, -0.05) is 51.0 Å². The number of esters is 4. The molecule has 8 heteroatoms. The van der Waals surface area contributed by atoms with Crippen LogP contribution in [0.3, 0.4) is 0 Å². The molecule has 0 fully saturated rings. The summed E-state index contributed by atoms with van der Waals surface area (Å²) in [4.78, 5) is 46.7. The molecule has 35 heavy (non-hydrogen) atoms. The average molecular weight is 487 g/mol. The minimum atomic E-state index is -0.543. The summed E-state index contributed by atoms with van der Waals surface area (Å²) in [5.41, 5.74) is 0.986. The van der Waals surface area contributed by atoms with Crippen molar-refractivity contribution >= 4 is 23.9 Å². The molecular weight excluding hydrogens is 452 g/mol. The van der Waals surface area contributed by atoms with Crippen molar-refractivity contribution in [1.29, 1.82) is 0 Å². The number of carbonyl (C=O) groups is 4. The maximum atomic E-state index is 11.9. The Kier molecular flexibility index (Phi) is 14.1. The van der Waals surface area contributed by atoms with Gasteiger partial charge < -0.3 is 18.9 Å². The van der Waals surface area contributed by atoms with E-state index in [1.165, 1.54) is 19.2 Å². The van der Waals surface area contributed by atoms with Crippen molar-refractivity contribution in [3.05, 3.63) is 70.8 Å².